The highest BCUT2D eigenvalue weighted by molar-refractivity contribution is 5.93. The van der Waals surface area contributed by atoms with Gasteiger partial charge in [-0.3, -0.25) is 14.9 Å². The first kappa shape index (κ1) is 21.0. The Labute approximate surface area is 169 Å². The zero-order chi connectivity index (χ0) is 21.0. The van der Waals surface area contributed by atoms with Crippen LogP contribution < -0.4 is 4.90 Å². The molecule has 0 N–H and O–H groups in total. The summed E-state index contributed by atoms with van der Waals surface area (Å²) in [4.78, 5) is 39.2. The molecule has 0 spiro atoms. The van der Waals surface area contributed by atoms with Crippen LogP contribution in [-0.2, 0) is 14.3 Å². The fraction of sp³-hybridized carbons (Fsp3) is 0.600. The van der Waals surface area contributed by atoms with Crippen LogP contribution in [0.3, 0.4) is 0 Å². The number of nitro groups is 1. The Bertz CT molecular complexity index is 775. The topological polar surface area (TPSA) is 102 Å². The molecular formula is C20H27N3O6. The number of carbonyl (C=O) groups is 2. The number of amides is 1. The van der Waals surface area contributed by atoms with E-state index < -0.39 is 17.5 Å². The average molecular weight is 405 g/mol. The molecule has 29 heavy (non-hydrogen) atoms. The predicted molar refractivity (Wildman–Crippen MR) is 106 cm³/mol. The molecular weight excluding hydrogens is 378 g/mol. The summed E-state index contributed by atoms with van der Waals surface area (Å²) in [5.74, 6) is -0.449. The van der Waals surface area contributed by atoms with Crippen LogP contribution in [-0.4, -0.2) is 67.2 Å². The van der Waals surface area contributed by atoms with Gasteiger partial charge in [0.25, 0.3) is 11.6 Å². The van der Waals surface area contributed by atoms with Crippen LogP contribution >= 0.6 is 0 Å². The molecule has 0 radical (unpaired) electrons. The Kier molecular flexibility index (Phi) is 6.68. The number of morpholine rings is 1. The average Bonchev–Trinajstić information content (AvgIpc) is 2.72. The summed E-state index contributed by atoms with van der Waals surface area (Å²) in [7, 11) is 0. The molecule has 158 valence electrons. The lowest BCUT2D eigenvalue weighted by atomic mass is 9.98. The Morgan fingerprint density at radius 2 is 1.97 bits per heavy atom. The summed E-state index contributed by atoms with van der Waals surface area (Å²) in [5.41, 5.74) is 0.452. The van der Waals surface area contributed by atoms with Gasteiger partial charge in [0.2, 0.25) is 0 Å². The lowest BCUT2D eigenvalue weighted by Gasteiger charge is -2.31. The predicted octanol–water partition coefficient (Wildman–Crippen LogP) is 2.24. The number of ether oxygens (including phenoxy) is 2. The zero-order valence-corrected chi connectivity index (χ0v) is 16.8. The van der Waals surface area contributed by atoms with E-state index in [1.165, 1.54) is 12.1 Å². The normalized spacial score (nSPS) is 20.4. The summed E-state index contributed by atoms with van der Waals surface area (Å²) in [6, 6.07) is 4.34. The molecule has 3 rings (SSSR count). The molecule has 0 aromatic heterocycles. The maximum absolute atomic E-state index is 12.3. The first-order valence-electron chi connectivity index (χ1n) is 9.95. The van der Waals surface area contributed by atoms with Gasteiger partial charge >= 0.3 is 5.97 Å². The molecule has 1 aromatic carbocycles. The Morgan fingerprint density at radius 3 is 2.62 bits per heavy atom. The van der Waals surface area contributed by atoms with Crippen molar-refractivity contribution >= 4 is 23.3 Å². The van der Waals surface area contributed by atoms with Gasteiger partial charge in [-0.1, -0.05) is 6.92 Å². The van der Waals surface area contributed by atoms with Crippen LogP contribution in [0, 0.1) is 16.0 Å². The smallest absolute Gasteiger partial charge is 0.338 e. The quantitative estimate of drug-likeness (QED) is 0.420. The molecule has 2 aliphatic heterocycles. The van der Waals surface area contributed by atoms with Crippen molar-refractivity contribution in [1.29, 1.82) is 0 Å². The fourth-order valence-electron chi connectivity index (χ4n) is 3.66. The molecule has 1 unspecified atom stereocenters. The van der Waals surface area contributed by atoms with E-state index in [-0.39, 0.29) is 23.3 Å². The Hall–Kier alpha value is -2.68. The van der Waals surface area contributed by atoms with Gasteiger partial charge in [-0.2, -0.15) is 0 Å². The number of anilines is 1. The Morgan fingerprint density at radius 1 is 1.24 bits per heavy atom. The highest BCUT2D eigenvalue weighted by atomic mass is 16.6. The minimum Gasteiger partial charge on any atom is -0.452 e. The van der Waals surface area contributed by atoms with Crippen LogP contribution in [0.2, 0.25) is 0 Å². The van der Waals surface area contributed by atoms with E-state index in [0.29, 0.717) is 31.3 Å². The number of hydrogen-bond acceptors (Lipinski definition) is 7. The van der Waals surface area contributed by atoms with E-state index in [0.717, 1.165) is 25.9 Å². The van der Waals surface area contributed by atoms with Crippen molar-refractivity contribution in [2.24, 2.45) is 5.92 Å². The van der Waals surface area contributed by atoms with E-state index >= 15 is 0 Å². The molecule has 9 nitrogen and oxygen atoms in total. The molecule has 1 atom stereocenters. The van der Waals surface area contributed by atoms with Gasteiger partial charge in [-0.05, 0) is 37.8 Å². The van der Waals surface area contributed by atoms with Crippen molar-refractivity contribution in [2.45, 2.75) is 32.8 Å². The van der Waals surface area contributed by atoms with Crippen molar-refractivity contribution in [3.05, 3.63) is 33.9 Å². The number of rotatable bonds is 5. The number of carbonyl (C=O) groups excluding carboxylic acids is 2. The lowest BCUT2D eigenvalue weighted by molar-refractivity contribution is -0.384. The molecule has 2 saturated heterocycles. The first-order chi connectivity index (χ1) is 13.8. The summed E-state index contributed by atoms with van der Waals surface area (Å²) in [6.45, 7) is 6.49. The van der Waals surface area contributed by atoms with Crippen molar-refractivity contribution in [3.63, 3.8) is 0 Å². The van der Waals surface area contributed by atoms with E-state index in [1.807, 2.05) is 11.8 Å². The molecule has 1 aromatic rings. The first-order valence-corrected chi connectivity index (χ1v) is 9.95. The Balaban J connectivity index is 1.65. The van der Waals surface area contributed by atoms with Crippen LogP contribution in [0.5, 0.6) is 0 Å². The lowest BCUT2D eigenvalue weighted by Crippen LogP contribution is -2.46. The molecule has 2 heterocycles. The van der Waals surface area contributed by atoms with Crippen molar-refractivity contribution in [3.8, 4) is 0 Å². The third-order valence-electron chi connectivity index (χ3n) is 5.45. The van der Waals surface area contributed by atoms with Crippen molar-refractivity contribution in [2.75, 3.05) is 44.3 Å². The van der Waals surface area contributed by atoms with Crippen LogP contribution in [0.25, 0.3) is 0 Å². The number of esters is 1. The van der Waals surface area contributed by atoms with Gasteiger partial charge in [0.15, 0.2) is 6.61 Å². The number of piperidine rings is 1. The summed E-state index contributed by atoms with van der Waals surface area (Å²) in [6.07, 6.45) is 1.89. The van der Waals surface area contributed by atoms with Gasteiger partial charge in [-0.25, -0.2) is 4.79 Å². The maximum atomic E-state index is 12.3. The third-order valence-corrected chi connectivity index (χ3v) is 5.45. The summed E-state index contributed by atoms with van der Waals surface area (Å²) < 4.78 is 10.5. The highest BCUT2D eigenvalue weighted by Gasteiger charge is 2.26. The van der Waals surface area contributed by atoms with Crippen molar-refractivity contribution in [1.82, 2.24) is 4.90 Å². The third kappa shape index (κ3) is 5.23. The zero-order valence-electron chi connectivity index (χ0n) is 16.8. The molecule has 0 bridgehead atoms. The van der Waals surface area contributed by atoms with Crippen LogP contribution in [0.1, 0.15) is 37.0 Å². The highest BCUT2D eigenvalue weighted by Crippen LogP contribution is 2.32. The van der Waals surface area contributed by atoms with E-state index in [2.05, 4.69) is 6.92 Å². The van der Waals surface area contributed by atoms with E-state index in [9.17, 15) is 19.7 Å². The molecule has 0 saturated carbocycles. The fourth-order valence-corrected chi connectivity index (χ4v) is 3.66. The van der Waals surface area contributed by atoms with E-state index in [4.69, 9.17) is 9.47 Å². The molecule has 0 aliphatic carbocycles. The second-order valence-corrected chi connectivity index (χ2v) is 7.73. The summed E-state index contributed by atoms with van der Waals surface area (Å²) >= 11 is 0. The van der Waals surface area contributed by atoms with Crippen molar-refractivity contribution < 1.29 is 24.0 Å². The second-order valence-electron chi connectivity index (χ2n) is 7.73. The van der Waals surface area contributed by atoms with Gasteiger partial charge < -0.3 is 19.3 Å². The monoisotopic (exact) mass is 405 g/mol. The van der Waals surface area contributed by atoms with Gasteiger partial charge in [0.05, 0.1) is 23.2 Å². The minimum absolute atomic E-state index is 0.0589. The number of hydrogen-bond donors (Lipinski definition) is 0. The number of nitro benzene ring substituents is 1. The van der Waals surface area contributed by atoms with Gasteiger partial charge in [0, 0.05) is 32.2 Å². The maximum Gasteiger partial charge on any atom is 0.338 e. The summed E-state index contributed by atoms with van der Waals surface area (Å²) in [5, 5.41) is 11.6. The van der Waals surface area contributed by atoms with Gasteiger partial charge in [-0.15, -0.1) is 0 Å². The standard InChI is InChI=1S/C20H27N3O6/c1-14-5-7-21(8-6-14)17-4-3-16(11-18(17)23(26)27)20(25)29-13-19(24)22-9-10-28-15(2)12-22/h3-4,11,14-15H,5-10,12-13H2,1-2H3. The second kappa shape index (κ2) is 9.21. The minimum atomic E-state index is -0.749. The van der Waals surface area contributed by atoms with Gasteiger partial charge in [0.1, 0.15) is 5.69 Å². The molecule has 1 amide bonds. The van der Waals surface area contributed by atoms with E-state index in [1.54, 1.807) is 11.0 Å². The van der Waals surface area contributed by atoms with Crippen LogP contribution in [0.15, 0.2) is 18.2 Å². The largest absolute Gasteiger partial charge is 0.452 e. The SMILES string of the molecule is CC1CCN(c2ccc(C(=O)OCC(=O)N3CCOC(C)C3)cc2[N+](=O)[O-])CC1. The number of nitrogens with zero attached hydrogens (tertiary/aromatic N) is 3. The molecule has 2 aliphatic rings. The molecule has 9 heteroatoms. The van der Waals surface area contributed by atoms with Crippen LogP contribution in [0.4, 0.5) is 11.4 Å². The molecule has 2 fully saturated rings. The number of benzene rings is 1.